The molecule has 0 saturated carbocycles. The predicted octanol–water partition coefficient (Wildman–Crippen LogP) is -0.399. The molecule has 0 bridgehead atoms. The van der Waals surface area contributed by atoms with Gasteiger partial charge in [0, 0.05) is 12.8 Å². The van der Waals surface area contributed by atoms with Crippen molar-refractivity contribution in [3.63, 3.8) is 0 Å². The molecule has 114 valence electrons. The van der Waals surface area contributed by atoms with Crippen molar-refractivity contribution < 1.29 is 19.5 Å². The second-order valence-electron chi connectivity index (χ2n) is 5.21. The Balaban J connectivity index is 2.29. The van der Waals surface area contributed by atoms with E-state index in [0.717, 1.165) is 32.4 Å². The van der Waals surface area contributed by atoms with Gasteiger partial charge in [0.25, 0.3) is 0 Å². The smallest absolute Gasteiger partial charge is 0.326 e. The van der Waals surface area contributed by atoms with Crippen molar-refractivity contribution in [2.45, 2.75) is 44.6 Å². The van der Waals surface area contributed by atoms with Crippen LogP contribution in [0.25, 0.3) is 0 Å². The summed E-state index contributed by atoms with van der Waals surface area (Å²) in [6.45, 7) is 1.94. The summed E-state index contributed by atoms with van der Waals surface area (Å²) in [5.41, 5.74) is 4.98. The number of piperidine rings is 1. The molecule has 1 rings (SSSR count). The maximum absolute atomic E-state index is 11.7. The van der Waals surface area contributed by atoms with E-state index in [9.17, 15) is 14.4 Å². The average molecular weight is 285 g/mol. The molecule has 2 amide bonds. The molecule has 1 aliphatic rings. The minimum absolute atomic E-state index is 0.0292. The Morgan fingerprint density at radius 2 is 2.10 bits per heavy atom. The van der Waals surface area contributed by atoms with Crippen LogP contribution in [0.1, 0.15) is 38.5 Å². The minimum atomic E-state index is -1.14. The van der Waals surface area contributed by atoms with Gasteiger partial charge in [0.1, 0.15) is 6.04 Å². The Bertz CT molecular complexity index is 354. The van der Waals surface area contributed by atoms with Crippen molar-refractivity contribution in [2.75, 3.05) is 13.1 Å². The van der Waals surface area contributed by atoms with Crippen molar-refractivity contribution in [1.82, 2.24) is 10.6 Å². The van der Waals surface area contributed by atoms with Gasteiger partial charge in [-0.05, 0) is 44.7 Å². The van der Waals surface area contributed by atoms with Crippen LogP contribution < -0.4 is 16.4 Å². The lowest BCUT2D eigenvalue weighted by molar-refractivity contribution is -0.142. The summed E-state index contributed by atoms with van der Waals surface area (Å²) in [5.74, 6) is -1.52. The molecule has 20 heavy (non-hydrogen) atoms. The van der Waals surface area contributed by atoms with Crippen molar-refractivity contribution in [3.05, 3.63) is 0 Å². The van der Waals surface area contributed by atoms with Gasteiger partial charge >= 0.3 is 5.97 Å². The summed E-state index contributed by atoms with van der Waals surface area (Å²) in [6.07, 6.45) is 3.26. The molecule has 0 spiro atoms. The quantitative estimate of drug-likeness (QED) is 0.483. The van der Waals surface area contributed by atoms with Crippen LogP contribution in [0.5, 0.6) is 0 Å². The Hall–Kier alpha value is -1.63. The maximum atomic E-state index is 11.7. The Kier molecular flexibility index (Phi) is 7.00. The lowest BCUT2D eigenvalue weighted by Crippen LogP contribution is -2.41. The lowest BCUT2D eigenvalue weighted by Gasteiger charge is -2.22. The standard InChI is InChI=1S/C13H23N3O4/c14-11(17)5-4-10(13(19)20)16-12(18)6-3-9-2-1-7-15-8-9/h9-10,15H,1-8H2,(H2,14,17)(H,16,18)(H,19,20)/t9?,10-/m1/s1. The average Bonchev–Trinajstić information content (AvgIpc) is 2.41. The minimum Gasteiger partial charge on any atom is -0.480 e. The molecule has 0 aromatic heterocycles. The Morgan fingerprint density at radius 3 is 2.65 bits per heavy atom. The molecule has 2 atom stereocenters. The van der Waals surface area contributed by atoms with Crippen molar-refractivity contribution in [3.8, 4) is 0 Å². The van der Waals surface area contributed by atoms with Gasteiger partial charge in [0.05, 0.1) is 0 Å². The zero-order valence-electron chi connectivity index (χ0n) is 11.6. The molecule has 1 heterocycles. The predicted molar refractivity (Wildman–Crippen MR) is 72.8 cm³/mol. The first-order valence-corrected chi connectivity index (χ1v) is 7.00. The number of hydrogen-bond acceptors (Lipinski definition) is 4. The zero-order chi connectivity index (χ0) is 15.0. The third-order valence-electron chi connectivity index (χ3n) is 3.49. The molecule has 0 aliphatic carbocycles. The normalized spacial score (nSPS) is 20.1. The van der Waals surface area contributed by atoms with Gasteiger partial charge in [-0.25, -0.2) is 4.79 Å². The molecular weight excluding hydrogens is 262 g/mol. The van der Waals surface area contributed by atoms with Crippen LogP contribution in [-0.4, -0.2) is 42.0 Å². The van der Waals surface area contributed by atoms with Crippen molar-refractivity contribution in [2.24, 2.45) is 11.7 Å². The van der Waals surface area contributed by atoms with Crippen LogP contribution in [0, 0.1) is 5.92 Å². The first kappa shape index (κ1) is 16.4. The largest absolute Gasteiger partial charge is 0.480 e. The number of carboxylic acids is 1. The Morgan fingerprint density at radius 1 is 1.35 bits per heavy atom. The number of rotatable bonds is 8. The number of hydrogen-bond donors (Lipinski definition) is 4. The summed E-state index contributed by atoms with van der Waals surface area (Å²) < 4.78 is 0. The van der Waals surface area contributed by atoms with Gasteiger partial charge in [-0.1, -0.05) is 0 Å². The van der Waals surface area contributed by atoms with Crippen molar-refractivity contribution >= 4 is 17.8 Å². The second kappa shape index (κ2) is 8.52. The van der Waals surface area contributed by atoms with E-state index in [0.29, 0.717) is 12.3 Å². The summed E-state index contributed by atoms with van der Waals surface area (Å²) in [4.78, 5) is 33.4. The molecule has 1 saturated heterocycles. The summed E-state index contributed by atoms with van der Waals surface area (Å²) >= 11 is 0. The highest BCUT2D eigenvalue weighted by Gasteiger charge is 2.21. The fraction of sp³-hybridized carbons (Fsp3) is 0.769. The number of nitrogens with two attached hydrogens (primary N) is 1. The molecule has 1 aliphatic heterocycles. The number of carbonyl (C=O) groups is 3. The first-order valence-electron chi connectivity index (χ1n) is 7.00. The van der Waals surface area contributed by atoms with Crippen LogP contribution in [0.2, 0.25) is 0 Å². The molecule has 1 unspecified atom stereocenters. The fourth-order valence-corrected chi connectivity index (χ4v) is 2.32. The SMILES string of the molecule is NC(=O)CC[C@@H](NC(=O)CCC1CCCNC1)C(=O)O. The van der Waals surface area contributed by atoms with E-state index in [2.05, 4.69) is 10.6 Å². The van der Waals surface area contributed by atoms with E-state index in [1.54, 1.807) is 0 Å². The number of aliphatic carboxylic acids is 1. The van der Waals surface area contributed by atoms with Gasteiger partial charge in [-0.2, -0.15) is 0 Å². The van der Waals surface area contributed by atoms with E-state index < -0.39 is 17.9 Å². The molecule has 0 aromatic rings. The molecule has 7 nitrogen and oxygen atoms in total. The van der Waals surface area contributed by atoms with E-state index in [4.69, 9.17) is 10.8 Å². The lowest BCUT2D eigenvalue weighted by atomic mass is 9.94. The van der Waals surface area contributed by atoms with Gasteiger partial charge in [0.15, 0.2) is 0 Å². The van der Waals surface area contributed by atoms with E-state index in [-0.39, 0.29) is 18.7 Å². The van der Waals surface area contributed by atoms with Crippen LogP contribution in [-0.2, 0) is 14.4 Å². The van der Waals surface area contributed by atoms with E-state index in [1.807, 2.05) is 0 Å². The van der Waals surface area contributed by atoms with Crippen molar-refractivity contribution in [1.29, 1.82) is 0 Å². The second-order valence-corrected chi connectivity index (χ2v) is 5.21. The number of primary amides is 1. The Labute approximate surface area is 118 Å². The number of carbonyl (C=O) groups excluding carboxylic acids is 2. The first-order chi connectivity index (χ1) is 9.49. The highest BCUT2D eigenvalue weighted by atomic mass is 16.4. The number of carboxylic acid groups (broad SMARTS) is 1. The molecule has 7 heteroatoms. The maximum Gasteiger partial charge on any atom is 0.326 e. The summed E-state index contributed by atoms with van der Waals surface area (Å²) in [5, 5.41) is 14.7. The van der Waals surface area contributed by atoms with Crippen LogP contribution in [0.4, 0.5) is 0 Å². The fourth-order valence-electron chi connectivity index (χ4n) is 2.32. The van der Waals surface area contributed by atoms with Gasteiger partial charge in [-0.3, -0.25) is 9.59 Å². The number of amides is 2. The molecule has 5 N–H and O–H groups in total. The van der Waals surface area contributed by atoms with E-state index in [1.165, 1.54) is 0 Å². The zero-order valence-corrected chi connectivity index (χ0v) is 11.6. The highest BCUT2D eigenvalue weighted by Crippen LogP contribution is 2.15. The molecule has 1 fully saturated rings. The number of nitrogens with one attached hydrogen (secondary N) is 2. The summed E-state index contributed by atoms with van der Waals surface area (Å²) in [6, 6.07) is -1.04. The highest BCUT2D eigenvalue weighted by molar-refractivity contribution is 5.84. The third kappa shape index (κ3) is 6.51. The topological polar surface area (TPSA) is 122 Å². The summed E-state index contributed by atoms with van der Waals surface area (Å²) in [7, 11) is 0. The van der Waals surface area contributed by atoms with Crippen LogP contribution in [0.15, 0.2) is 0 Å². The molecule has 0 radical (unpaired) electrons. The van der Waals surface area contributed by atoms with Crippen LogP contribution in [0.3, 0.4) is 0 Å². The van der Waals surface area contributed by atoms with Gasteiger partial charge in [-0.15, -0.1) is 0 Å². The molecular formula is C13H23N3O4. The van der Waals surface area contributed by atoms with E-state index >= 15 is 0 Å². The van der Waals surface area contributed by atoms with Gasteiger partial charge < -0.3 is 21.5 Å². The van der Waals surface area contributed by atoms with Gasteiger partial charge in [0.2, 0.25) is 11.8 Å². The monoisotopic (exact) mass is 285 g/mol. The molecule has 0 aromatic carbocycles. The van der Waals surface area contributed by atoms with Crippen LogP contribution >= 0.6 is 0 Å². The third-order valence-corrected chi connectivity index (χ3v) is 3.49.